The fraction of sp³-hybridized carbons (Fsp3) is 0.471. The highest BCUT2D eigenvalue weighted by atomic mass is 16.5. The first-order valence-electron chi connectivity index (χ1n) is 8.22. The first-order chi connectivity index (χ1) is 12.2. The molecule has 2 aromatic rings. The monoisotopic (exact) mass is 361 g/mol. The van der Waals surface area contributed by atoms with E-state index in [0.29, 0.717) is 5.82 Å². The molecule has 0 unspecified atom stereocenters. The van der Waals surface area contributed by atoms with E-state index < -0.39 is 23.5 Å². The van der Waals surface area contributed by atoms with Crippen LogP contribution < -0.4 is 10.9 Å². The molecule has 0 fully saturated rings. The van der Waals surface area contributed by atoms with Crippen LogP contribution in [0.5, 0.6) is 0 Å². The predicted molar refractivity (Wildman–Crippen MR) is 93.9 cm³/mol. The van der Waals surface area contributed by atoms with Crippen LogP contribution in [0.2, 0.25) is 0 Å². The van der Waals surface area contributed by atoms with Gasteiger partial charge in [0.1, 0.15) is 12.6 Å². The topological polar surface area (TPSA) is 108 Å². The van der Waals surface area contributed by atoms with Crippen molar-refractivity contribution in [2.45, 2.75) is 40.3 Å². The van der Waals surface area contributed by atoms with Crippen LogP contribution in [-0.4, -0.2) is 44.6 Å². The minimum Gasteiger partial charge on any atom is -0.467 e. The van der Waals surface area contributed by atoms with Gasteiger partial charge in [0, 0.05) is 11.8 Å². The number of aromatic nitrogens is 4. The van der Waals surface area contributed by atoms with E-state index in [1.807, 2.05) is 19.9 Å². The summed E-state index contributed by atoms with van der Waals surface area (Å²) >= 11 is 0. The molecule has 1 atom stereocenters. The maximum atomic E-state index is 12.3. The molecule has 26 heavy (non-hydrogen) atoms. The highest BCUT2D eigenvalue weighted by molar-refractivity contribution is 5.84. The maximum absolute atomic E-state index is 12.3. The lowest BCUT2D eigenvalue weighted by molar-refractivity contribution is -0.146. The number of carbonyl (C=O) groups excluding carboxylic acids is 2. The SMILES string of the molecule is COC(=O)[C@@H](NC(=O)Cn1nc(-n2nc(C)cc2C)ccc1=O)C(C)C. The third-order valence-corrected chi connectivity index (χ3v) is 3.81. The van der Waals surface area contributed by atoms with Crippen LogP contribution in [0.4, 0.5) is 0 Å². The van der Waals surface area contributed by atoms with Gasteiger partial charge in [-0.3, -0.25) is 9.59 Å². The van der Waals surface area contributed by atoms with E-state index in [9.17, 15) is 14.4 Å². The molecule has 0 aliphatic rings. The number of carbonyl (C=O) groups is 2. The van der Waals surface area contributed by atoms with Gasteiger partial charge in [0.15, 0.2) is 5.82 Å². The molecule has 0 aliphatic carbocycles. The Morgan fingerprint density at radius 1 is 1.23 bits per heavy atom. The summed E-state index contributed by atoms with van der Waals surface area (Å²) in [7, 11) is 1.26. The lowest BCUT2D eigenvalue weighted by Gasteiger charge is -2.19. The van der Waals surface area contributed by atoms with Crippen LogP contribution in [-0.2, 0) is 20.9 Å². The summed E-state index contributed by atoms with van der Waals surface area (Å²) in [6.07, 6.45) is 0. The normalized spacial score (nSPS) is 12.1. The first-order valence-corrected chi connectivity index (χ1v) is 8.22. The van der Waals surface area contributed by atoms with Crippen molar-refractivity contribution in [1.29, 1.82) is 0 Å². The highest BCUT2D eigenvalue weighted by Gasteiger charge is 2.25. The van der Waals surface area contributed by atoms with Crippen molar-refractivity contribution >= 4 is 11.9 Å². The molecule has 9 nitrogen and oxygen atoms in total. The Labute approximate surface area is 151 Å². The molecular formula is C17H23N5O4. The minimum absolute atomic E-state index is 0.155. The van der Waals surface area contributed by atoms with Crippen LogP contribution in [0, 0.1) is 19.8 Å². The smallest absolute Gasteiger partial charge is 0.328 e. The largest absolute Gasteiger partial charge is 0.467 e. The second kappa shape index (κ2) is 7.94. The van der Waals surface area contributed by atoms with Crippen molar-refractivity contribution in [1.82, 2.24) is 24.9 Å². The standard InChI is InChI=1S/C17H23N5O4/c1-10(2)16(17(25)26-5)18-14(23)9-21-15(24)7-6-13(20-21)22-12(4)8-11(3)19-22/h6-8,10,16H,9H2,1-5H3,(H,18,23)/t16-/m0/s1. The van der Waals surface area contributed by atoms with Gasteiger partial charge in [0.25, 0.3) is 5.56 Å². The molecule has 9 heteroatoms. The van der Waals surface area contributed by atoms with E-state index in [4.69, 9.17) is 4.74 Å². The zero-order chi connectivity index (χ0) is 19.4. The van der Waals surface area contributed by atoms with Crippen molar-refractivity contribution in [3.63, 3.8) is 0 Å². The number of nitrogens with zero attached hydrogens (tertiary/aromatic N) is 4. The summed E-state index contributed by atoms with van der Waals surface area (Å²) in [5.41, 5.74) is 1.25. The van der Waals surface area contributed by atoms with E-state index in [1.54, 1.807) is 24.6 Å². The summed E-state index contributed by atoms with van der Waals surface area (Å²) < 4.78 is 7.32. The van der Waals surface area contributed by atoms with Crippen molar-refractivity contribution in [3.8, 4) is 5.82 Å². The molecule has 0 radical (unpaired) electrons. The van der Waals surface area contributed by atoms with E-state index in [-0.39, 0.29) is 12.5 Å². The summed E-state index contributed by atoms with van der Waals surface area (Å²) in [4.78, 5) is 36.1. The van der Waals surface area contributed by atoms with Gasteiger partial charge in [-0.1, -0.05) is 13.8 Å². The van der Waals surface area contributed by atoms with Gasteiger partial charge in [-0.15, -0.1) is 5.10 Å². The fourth-order valence-electron chi connectivity index (χ4n) is 2.51. The molecule has 140 valence electrons. The molecule has 0 bridgehead atoms. The number of aryl methyl sites for hydroxylation is 2. The van der Waals surface area contributed by atoms with Crippen LogP contribution in [0.15, 0.2) is 23.0 Å². The number of nitrogens with one attached hydrogen (secondary N) is 1. The van der Waals surface area contributed by atoms with Gasteiger partial charge < -0.3 is 10.1 Å². The third kappa shape index (κ3) is 4.35. The second-order valence-corrected chi connectivity index (χ2v) is 6.34. The molecule has 2 aromatic heterocycles. The second-order valence-electron chi connectivity index (χ2n) is 6.34. The molecule has 0 aromatic carbocycles. The Morgan fingerprint density at radius 3 is 2.46 bits per heavy atom. The minimum atomic E-state index is -0.789. The molecule has 2 rings (SSSR count). The number of methoxy groups -OCH3 is 1. The van der Waals surface area contributed by atoms with Crippen molar-refractivity contribution in [2.24, 2.45) is 5.92 Å². The number of rotatable bonds is 6. The first kappa shape index (κ1) is 19.4. The van der Waals surface area contributed by atoms with Crippen LogP contribution in [0.25, 0.3) is 5.82 Å². The molecule has 1 N–H and O–H groups in total. The van der Waals surface area contributed by atoms with Gasteiger partial charge in [0.05, 0.1) is 12.8 Å². The average molecular weight is 361 g/mol. The fourth-order valence-corrected chi connectivity index (χ4v) is 2.51. The van der Waals surface area contributed by atoms with E-state index >= 15 is 0 Å². The summed E-state index contributed by atoms with van der Waals surface area (Å²) in [6, 6.07) is 3.96. The van der Waals surface area contributed by atoms with Gasteiger partial charge in [-0.2, -0.15) is 5.10 Å². The van der Waals surface area contributed by atoms with Crippen molar-refractivity contribution in [2.75, 3.05) is 7.11 Å². The van der Waals surface area contributed by atoms with E-state index in [0.717, 1.165) is 16.1 Å². The Bertz CT molecular complexity index is 868. The zero-order valence-electron chi connectivity index (χ0n) is 15.5. The molecule has 0 saturated heterocycles. The van der Waals surface area contributed by atoms with Crippen LogP contribution in [0.3, 0.4) is 0 Å². The number of amides is 1. The Balaban J connectivity index is 2.22. The van der Waals surface area contributed by atoms with E-state index in [2.05, 4.69) is 15.5 Å². The van der Waals surface area contributed by atoms with Gasteiger partial charge in [-0.25, -0.2) is 14.2 Å². The predicted octanol–water partition coefficient (Wildman–Crippen LogP) is 0.360. The van der Waals surface area contributed by atoms with Gasteiger partial charge in [-0.05, 0) is 31.9 Å². The quantitative estimate of drug-likeness (QED) is 0.744. The van der Waals surface area contributed by atoms with Gasteiger partial charge >= 0.3 is 5.97 Å². The lowest BCUT2D eigenvalue weighted by Crippen LogP contribution is -2.47. The highest BCUT2D eigenvalue weighted by Crippen LogP contribution is 2.08. The summed E-state index contributed by atoms with van der Waals surface area (Å²) in [5.74, 6) is -0.771. The van der Waals surface area contributed by atoms with Crippen molar-refractivity contribution in [3.05, 3.63) is 39.9 Å². The molecule has 0 aliphatic heterocycles. The molecule has 0 spiro atoms. The Kier molecular flexibility index (Phi) is 5.91. The van der Waals surface area contributed by atoms with Gasteiger partial charge in [0.2, 0.25) is 5.91 Å². The maximum Gasteiger partial charge on any atom is 0.328 e. The summed E-state index contributed by atoms with van der Waals surface area (Å²) in [6.45, 7) is 6.98. The molecule has 1 amide bonds. The van der Waals surface area contributed by atoms with E-state index in [1.165, 1.54) is 13.2 Å². The zero-order valence-corrected chi connectivity index (χ0v) is 15.5. The van der Waals surface area contributed by atoms with Crippen molar-refractivity contribution < 1.29 is 14.3 Å². The molecule has 2 heterocycles. The molecular weight excluding hydrogens is 338 g/mol. The van der Waals surface area contributed by atoms with Crippen LogP contribution in [0.1, 0.15) is 25.2 Å². The van der Waals surface area contributed by atoms with Crippen LogP contribution >= 0.6 is 0 Å². The Hall–Kier alpha value is -2.97. The number of hydrogen-bond donors (Lipinski definition) is 1. The summed E-state index contributed by atoms with van der Waals surface area (Å²) in [5, 5.41) is 11.1. The lowest BCUT2D eigenvalue weighted by atomic mass is 10.0. The number of ether oxygens (including phenoxy) is 1. The molecule has 0 saturated carbocycles. The number of esters is 1. The number of hydrogen-bond acceptors (Lipinski definition) is 6. The third-order valence-electron chi connectivity index (χ3n) is 3.81. The Morgan fingerprint density at radius 2 is 1.92 bits per heavy atom. The average Bonchev–Trinajstić information content (AvgIpc) is 2.92.